The van der Waals surface area contributed by atoms with E-state index < -0.39 is 0 Å². The molecule has 21 heavy (non-hydrogen) atoms. The lowest BCUT2D eigenvalue weighted by Crippen LogP contribution is -2.38. The minimum absolute atomic E-state index is 0.0106. The van der Waals surface area contributed by atoms with Crippen molar-refractivity contribution in [3.8, 4) is 0 Å². The first-order valence-electron chi connectivity index (χ1n) is 7.58. The van der Waals surface area contributed by atoms with Crippen LogP contribution in [0.15, 0.2) is 18.2 Å². The van der Waals surface area contributed by atoms with E-state index in [1.807, 2.05) is 19.1 Å². The second-order valence-corrected chi connectivity index (χ2v) is 5.59. The fraction of sp³-hybridized carbons (Fsp3) is 0.562. The Bertz CT molecular complexity index is 484. The number of likely N-dealkylation sites (N-methyl/N-ethyl adjacent to an activating group) is 1. The number of nitrogens with two attached hydrogens (primary N) is 1. The summed E-state index contributed by atoms with van der Waals surface area (Å²) in [5.41, 5.74) is 8.22. The molecule has 5 heteroatoms. The number of hydrogen-bond acceptors (Lipinski definition) is 4. The van der Waals surface area contributed by atoms with Crippen LogP contribution >= 0.6 is 0 Å². The molecule has 116 valence electrons. The van der Waals surface area contributed by atoms with E-state index in [1.54, 1.807) is 6.07 Å². The lowest BCUT2D eigenvalue weighted by Gasteiger charge is -2.23. The number of benzene rings is 1. The molecular weight excluding hydrogens is 266 g/mol. The topological polar surface area (TPSA) is 67.6 Å². The highest BCUT2D eigenvalue weighted by atomic mass is 16.5. The Labute approximate surface area is 126 Å². The predicted molar refractivity (Wildman–Crippen MR) is 85.3 cm³/mol. The summed E-state index contributed by atoms with van der Waals surface area (Å²) in [6.45, 7) is 6.90. The van der Waals surface area contributed by atoms with Gasteiger partial charge in [-0.3, -0.25) is 9.69 Å². The molecule has 5 nitrogen and oxygen atoms in total. The summed E-state index contributed by atoms with van der Waals surface area (Å²) in [4.78, 5) is 14.3. The van der Waals surface area contributed by atoms with Crippen LogP contribution < -0.4 is 11.1 Å². The van der Waals surface area contributed by atoms with Gasteiger partial charge in [-0.15, -0.1) is 0 Å². The molecule has 1 aromatic rings. The molecule has 0 bridgehead atoms. The van der Waals surface area contributed by atoms with E-state index in [-0.39, 0.29) is 12.0 Å². The smallest absolute Gasteiger partial charge is 0.238 e. The first-order valence-corrected chi connectivity index (χ1v) is 7.58. The number of carbonyl (C=O) groups is 1. The van der Waals surface area contributed by atoms with Crippen molar-refractivity contribution in [2.75, 3.05) is 37.3 Å². The number of nitrogens with one attached hydrogen (secondary N) is 1. The first kappa shape index (κ1) is 15.8. The number of rotatable bonds is 6. The third-order valence-corrected chi connectivity index (χ3v) is 3.84. The molecule has 1 heterocycles. The normalized spacial score (nSPS) is 18.1. The second kappa shape index (κ2) is 7.43. The van der Waals surface area contributed by atoms with E-state index in [1.165, 1.54) is 0 Å². The minimum Gasteiger partial charge on any atom is -0.399 e. The van der Waals surface area contributed by atoms with Gasteiger partial charge in [-0.2, -0.15) is 0 Å². The van der Waals surface area contributed by atoms with E-state index in [2.05, 4.69) is 17.1 Å². The summed E-state index contributed by atoms with van der Waals surface area (Å²) in [6, 6.07) is 5.54. The number of hydrogen-bond donors (Lipinski definition) is 2. The molecule has 2 rings (SSSR count). The van der Waals surface area contributed by atoms with Crippen molar-refractivity contribution < 1.29 is 9.53 Å². The van der Waals surface area contributed by atoms with Gasteiger partial charge in [0.15, 0.2) is 0 Å². The monoisotopic (exact) mass is 291 g/mol. The number of ether oxygens (including phenoxy) is 1. The summed E-state index contributed by atoms with van der Waals surface area (Å²) in [7, 11) is 0. The lowest BCUT2D eigenvalue weighted by molar-refractivity contribution is -0.117. The van der Waals surface area contributed by atoms with Crippen molar-refractivity contribution in [1.82, 2.24) is 4.90 Å². The second-order valence-electron chi connectivity index (χ2n) is 5.59. The number of aryl methyl sites for hydroxylation is 1. The Hall–Kier alpha value is -1.59. The van der Waals surface area contributed by atoms with Crippen LogP contribution in [0, 0.1) is 6.92 Å². The van der Waals surface area contributed by atoms with Crippen molar-refractivity contribution in [3.63, 3.8) is 0 Å². The van der Waals surface area contributed by atoms with Crippen molar-refractivity contribution in [1.29, 1.82) is 0 Å². The van der Waals surface area contributed by atoms with Gasteiger partial charge in [0.25, 0.3) is 0 Å². The zero-order valence-corrected chi connectivity index (χ0v) is 12.9. The number of amides is 1. The van der Waals surface area contributed by atoms with Gasteiger partial charge in [-0.1, -0.05) is 13.0 Å². The van der Waals surface area contributed by atoms with Gasteiger partial charge in [0, 0.05) is 24.5 Å². The maximum absolute atomic E-state index is 12.2. The summed E-state index contributed by atoms with van der Waals surface area (Å²) in [5.74, 6) is -0.0106. The molecule has 1 fully saturated rings. The van der Waals surface area contributed by atoms with Crippen molar-refractivity contribution in [3.05, 3.63) is 23.8 Å². The first-order chi connectivity index (χ1) is 10.1. The summed E-state index contributed by atoms with van der Waals surface area (Å²) in [5, 5.41) is 2.94. The Morgan fingerprint density at radius 3 is 3.00 bits per heavy atom. The molecule has 0 aromatic heterocycles. The minimum atomic E-state index is -0.0106. The average molecular weight is 291 g/mol. The molecule has 0 saturated carbocycles. The molecule has 0 radical (unpaired) electrons. The van der Waals surface area contributed by atoms with Crippen LogP contribution in [0.2, 0.25) is 0 Å². The van der Waals surface area contributed by atoms with E-state index in [9.17, 15) is 4.79 Å². The Morgan fingerprint density at radius 1 is 1.52 bits per heavy atom. The van der Waals surface area contributed by atoms with Gasteiger partial charge >= 0.3 is 0 Å². The van der Waals surface area contributed by atoms with E-state index in [0.717, 1.165) is 43.8 Å². The maximum atomic E-state index is 12.2. The van der Waals surface area contributed by atoms with E-state index in [0.29, 0.717) is 12.2 Å². The fourth-order valence-electron chi connectivity index (χ4n) is 2.55. The Balaban J connectivity index is 1.88. The zero-order valence-electron chi connectivity index (χ0n) is 12.9. The highest BCUT2D eigenvalue weighted by molar-refractivity contribution is 5.93. The molecule has 3 N–H and O–H groups in total. The van der Waals surface area contributed by atoms with E-state index in [4.69, 9.17) is 10.5 Å². The molecular formula is C16H25N3O2. The zero-order chi connectivity index (χ0) is 15.2. The summed E-state index contributed by atoms with van der Waals surface area (Å²) < 4.78 is 5.63. The van der Waals surface area contributed by atoms with Crippen LogP contribution in [0.4, 0.5) is 11.4 Å². The van der Waals surface area contributed by atoms with Gasteiger partial charge in [0.05, 0.1) is 12.6 Å². The van der Waals surface area contributed by atoms with Crippen molar-refractivity contribution in [2.45, 2.75) is 32.8 Å². The summed E-state index contributed by atoms with van der Waals surface area (Å²) in [6.07, 6.45) is 2.48. The highest BCUT2D eigenvalue weighted by Gasteiger charge is 2.20. The van der Waals surface area contributed by atoms with E-state index >= 15 is 0 Å². The van der Waals surface area contributed by atoms with Crippen molar-refractivity contribution in [2.24, 2.45) is 0 Å². The standard InChI is InChI=1S/C16H25N3O2/c1-3-19(10-14-5-4-8-21-14)11-16(20)18-15-9-13(17)7-6-12(15)2/h6-7,9,14H,3-5,8,10-11,17H2,1-2H3,(H,18,20). The molecule has 0 spiro atoms. The third-order valence-electron chi connectivity index (χ3n) is 3.84. The number of nitrogens with zero attached hydrogens (tertiary/aromatic N) is 1. The molecule has 1 unspecified atom stereocenters. The lowest BCUT2D eigenvalue weighted by atomic mass is 10.2. The molecule has 1 aliphatic heterocycles. The maximum Gasteiger partial charge on any atom is 0.238 e. The van der Waals surface area contributed by atoms with Crippen LogP contribution in [0.5, 0.6) is 0 Å². The van der Waals surface area contributed by atoms with Crippen LogP contribution in [0.3, 0.4) is 0 Å². The predicted octanol–water partition coefficient (Wildman–Crippen LogP) is 2.02. The SMILES string of the molecule is CCN(CC(=O)Nc1cc(N)ccc1C)CC1CCCO1. The van der Waals surface area contributed by atoms with Crippen LogP contribution in [0.25, 0.3) is 0 Å². The van der Waals surface area contributed by atoms with Gasteiger partial charge in [-0.05, 0) is 44.0 Å². The van der Waals surface area contributed by atoms with Gasteiger partial charge in [-0.25, -0.2) is 0 Å². The van der Waals surface area contributed by atoms with Crippen LogP contribution in [-0.2, 0) is 9.53 Å². The molecule has 1 saturated heterocycles. The average Bonchev–Trinajstić information content (AvgIpc) is 2.95. The van der Waals surface area contributed by atoms with Crippen molar-refractivity contribution >= 4 is 17.3 Å². The van der Waals surface area contributed by atoms with Crippen LogP contribution in [-0.4, -0.2) is 43.2 Å². The Morgan fingerprint density at radius 2 is 2.33 bits per heavy atom. The molecule has 1 atom stereocenters. The number of nitrogen functional groups attached to an aromatic ring is 1. The van der Waals surface area contributed by atoms with Crippen LogP contribution in [0.1, 0.15) is 25.3 Å². The molecule has 1 aromatic carbocycles. The molecule has 1 amide bonds. The molecule has 1 aliphatic rings. The number of carbonyl (C=O) groups excluding carboxylic acids is 1. The molecule has 0 aliphatic carbocycles. The quantitative estimate of drug-likeness (QED) is 0.787. The number of anilines is 2. The van der Waals surface area contributed by atoms with Gasteiger partial charge < -0.3 is 15.8 Å². The fourth-order valence-corrected chi connectivity index (χ4v) is 2.55. The highest BCUT2D eigenvalue weighted by Crippen LogP contribution is 2.18. The third kappa shape index (κ3) is 4.72. The van der Waals surface area contributed by atoms with Gasteiger partial charge in [0.1, 0.15) is 0 Å². The largest absolute Gasteiger partial charge is 0.399 e. The Kier molecular flexibility index (Phi) is 5.59. The van der Waals surface area contributed by atoms with Gasteiger partial charge in [0.2, 0.25) is 5.91 Å². The summed E-state index contributed by atoms with van der Waals surface area (Å²) >= 11 is 0.